The van der Waals surface area contributed by atoms with Crippen LogP contribution in [-0.2, 0) is 0 Å². The molecule has 0 bridgehead atoms. The molecule has 2 rings (SSSR count). The van der Waals surface area contributed by atoms with Crippen molar-refractivity contribution in [2.45, 2.75) is 26.3 Å². The summed E-state index contributed by atoms with van der Waals surface area (Å²) in [4.78, 5) is 8.36. The summed E-state index contributed by atoms with van der Waals surface area (Å²) in [6.07, 6.45) is 2.51. The van der Waals surface area contributed by atoms with Crippen LogP contribution in [0.5, 0.6) is 0 Å². The number of halogens is 2. The lowest BCUT2D eigenvalue weighted by Gasteiger charge is -2.13. The van der Waals surface area contributed by atoms with Crippen molar-refractivity contribution in [1.29, 1.82) is 0 Å². The van der Waals surface area contributed by atoms with Crippen LogP contribution < -0.4 is 10.6 Å². The third-order valence-corrected chi connectivity index (χ3v) is 3.52. The number of hydrogen-bond acceptors (Lipinski definition) is 4. The lowest BCUT2D eigenvalue weighted by molar-refractivity contribution is 0.758. The topological polar surface area (TPSA) is 49.8 Å². The fraction of sp³-hybridized carbons (Fsp3) is 0.286. The summed E-state index contributed by atoms with van der Waals surface area (Å²) in [5.41, 5.74) is 0.643. The lowest BCUT2D eigenvalue weighted by Crippen LogP contribution is -2.14. The molecule has 1 atom stereocenters. The standard InChI is InChI=1S/C14H16Cl2N4/c1-3-9(2)19-12-7-13(18-8-17-12)20-14-10(15)5-4-6-11(14)16/h4-9H,3H2,1-2H3,(H2,17,18,19,20). The molecule has 1 heterocycles. The molecule has 1 aromatic heterocycles. The summed E-state index contributed by atoms with van der Waals surface area (Å²) in [5, 5.41) is 7.50. The molecule has 0 saturated heterocycles. The first-order chi connectivity index (χ1) is 9.60. The molecule has 0 saturated carbocycles. The number of nitrogens with one attached hydrogen (secondary N) is 2. The first-order valence-electron chi connectivity index (χ1n) is 6.39. The molecule has 20 heavy (non-hydrogen) atoms. The van der Waals surface area contributed by atoms with Crippen LogP contribution in [0.1, 0.15) is 20.3 Å². The third kappa shape index (κ3) is 3.74. The van der Waals surface area contributed by atoms with E-state index in [1.54, 1.807) is 18.2 Å². The highest BCUT2D eigenvalue weighted by Crippen LogP contribution is 2.32. The zero-order chi connectivity index (χ0) is 14.5. The van der Waals surface area contributed by atoms with Crippen LogP contribution in [0.2, 0.25) is 10.0 Å². The minimum atomic E-state index is 0.349. The van der Waals surface area contributed by atoms with Gasteiger partial charge in [0.1, 0.15) is 18.0 Å². The van der Waals surface area contributed by atoms with Crippen molar-refractivity contribution >= 4 is 40.5 Å². The quantitative estimate of drug-likeness (QED) is 0.837. The fourth-order valence-electron chi connectivity index (χ4n) is 1.60. The number of anilines is 3. The van der Waals surface area contributed by atoms with Crippen molar-refractivity contribution in [3.05, 3.63) is 40.6 Å². The van der Waals surface area contributed by atoms with Crippen molar-refractivity contribution < 1.29 is 0 Å². The van der Waals surface area contributed by atoms with E-state index in [-0.39, 0.29) is 0 Å². The maximum atomic E-state index is 6.12. The number of benzene rings is 1. The molecule has 0 fully saturated rings. The summed E-state index contributed by atoms with van der Waals surface area (Å²) in [6, 6.07) is 7.52. The van der Waals surface area contributed by atoms with E-state index in [9.17, 15) is 0 Å². The van der Waals surface area contributed by atoms with E-state index < -0.39 is 0 Å². The maximum absolute atomic E-state index is 6.12. The molecule has 2 N–H and O–H groups in total. The molecule has 4 nitrogen and oxygen atoms in total. The average Bonchev–Trinajstić information content (AvgIpc) is 2.43. The van der Waals surface area contributed by atoms with Gasteiger partial charge in [-0.15, -0.1) is 0 Å². The van der Waals surface area contributed by atoms with Crippen molar-refractivity contribution in [3.63, 3.8) is 0 Å². The number of rotatable bonds is 5. The van der Waals surface area contributed by atoms with Crippen LogP contribution in [0.3, 0.4) is 0 Å². The van der Waals surface area contributed by atoms with E-state index in [1.807, 2.05) is 6.07 Å². The van der Waals surface area contributed by atoms with Gasteiger partial charge in [-0.25, -0.2) is 9.97 Å². The summed E-state index contributed by atoms with van der Waals surface area (Å²) < 4.78 is 0. The zero-order valence-corrected chi connectivity index (χ0v) is 12.8. The smallest absolute Gasteiger partial charge is 0.135 e. The molecule has 1 aromatic carbocycles. The molecule has 0 spiro atoms. The van der Waals surface area contributed by atoms with Crippen LogP contribution in [0, 0.1) is 0 Å². The van der Waals surface area contributed by atoms with Crippen LogP contribution in [0.15, 0.2) is 30.6 Å². The maximum Gasteiger partial charge on any atom is 0.135 e. The van der Waals surface area contributed by atoms with Gasteiger partial charge in [-0.3, -0.25) is 0 Å². The Balaban J connectivity index is 2.20. The largest absolute Gasteiger partial charge is 0.367 e. The van der Waals surface area contributed by atoms with Gasteiger partial charge in [-0.2, -0.15) is 0 Å². The molecule has 2 aromatic rings. The van der Waals surface area contributed by atoms with Gasteiger partial charge >= 0.3 is 0 Å². The van der Waals surface area contributed by atoms with Gasteiger partial charge in [0.05, 0.1) is 15.7 Å². The predicted molar refractivity (Wildman–Crippen MR) is 85.2 cm³/mol. The van der Waals surface area contributed by atoms with Crippen LogP contribution in [0.25, 0.3) is 0 Å². The number of hydrogen-bond donors (Lipinski definition) is 2. The van der Waals surface area contributed by atoms with Gasteiger partial charge < -0.3 is 10.6 Å². The molecule has 0 aliphatic heterocycles. The van der Waals surface area contributed by atoms with E-state index in [0.717, 1.165) is 12.2 Å². The van der Waals surface area contributed by atoms with Gasteiger partial charge in [-0.05, 0) is 25.5 Å². The Kier molecular flexibility index (Phi) is 5.04. The Morgan fingerprint density at radius 2 is 1.80 bits per heavy atom. The number of para-hydroxylation sites is 1. The third-order valence-electron chi connectivity index (χ3n) is 2.89. The fourth-order valence-corrected chi connectivity index (χ4v) is 2.10. The Bertz CT molecular complexity index is 569. The van der Waals surface area contributed by atoms with Gasteiger partial charge in [-0.1, -0.05) is 36.2 Å². The van der Waals surface area contributed by atoms with Crippen LogP contribution >= 0.6 is 23.2 Å². The van der Waals surface area contributed by atoms with E-state index in [2.05, 4.69) is 34.4 Å². The molecule has 0 amide bonds. The van der Waals surface area contributed by atoms with E-state index in [4.69, 9.17) is 23.2 Å². The molecule has 6 heteroatoms. The minimum Gasteiger partial charge on any atom is -0.367 e. The van der Waals surface area contributed by atoms with Crippen LogP contribution in [-0.4, -0.2) is 16.0 Å². The van der Waals surface area contributed by atoms with Gasteiger partial charge in [0.25, 0.3) is 0 Å². The highest BCUT2D eigenvalue weighted by molar-refractivity contribution is 6.39. The summed E-state index contributed by atoms with van der Waals surface area (Å²) in [7, 11) is 0. The molecule has 0 aliphatic carbocycles. The van der Waals surface area contributed by atoms with Gasteiger partial charge in [0.2, 0.25) is 0 Å². The van der Waals surface area contributed by atoms with E-state index >= 15 is 0 Å². The molecule has 0 radical (unpaired) electrons. The minimum absolute atomic E-state index is 0.349. The number of nitrogens with zero attached hydrogens (tertiary/aromatic N) is 2. The predicted octanol–water partition coefficient (Wildman–Crippen LogP) is 4.74. The SMILES string of the molecule is CCC(C)Nc1cc(Nc2c(Cl)cccc2Cl)ncn1. The summed E-state index contributed by atoms with van der Waals surface area (Å²) in [5.74, 6) is 1.40. The molecular weight excluding hydrogens is 295 g/mol. The number of aromatic nitrogens is 2. The Morgan fingerprint density at radius 1 is 1.15 bits per heavy atom. The second-order valence-electron chi connectivity index (χ2n) is 4.46. The van der Waals surface area contributed by atoms with Gasteiger partial charge in [0.15, 0.2) is 0 Å². The van der Waals surface area contributed by atoms with Crippen molar-refractivity contribution in [2.24, 2.45) is 0 Å². The first kappa shape index (κ1) is 14.9. The van der Waals surface area contributed by atoms with Crippen LogP contribution in [0.4, 0.5) is 17.3 Å². The molecule has 1 unspecified atom stereocenters. The lowest BCUT2D eigenvalue weighted by atomic mass is 10.2. The molecule has 106 valence electrons. The van der Waals surface area contributed by atoms with Gasteiger partial charge in [0, 0.05) is 12.1 Å². The summed E-state index contributed by atoms with van der Waals surface area (Å²) in [6.45, 7) is 4.21. The monoisotopic (exact) mass is 310 g/mol. The first-order valence-corrected chi connectivity index (χ1v) is 7.15. The normalized spacial score (nSPS) is 12.0. The van der Waals surface area contributed by atoms with E-state index in [0.29, 0.717) is 27.6 Å². The average molecular weight is 311 g/mol. The Hall–Kier alpha value is -1.52. The second kappa shape index (κ2) is 6.77. The summed E-state index contributed by atoms with van der Waals surface area (Å²) >= 11 is 12.2. The van der Waals surface area contributed by atoms with Crippen molar-refractivity contribution in [3.8, 4) is 0 Å². The Labute approximate surface area is 128 Å². The highest BCUT2D eigenvalue weighted by Gasteiger charge is 2.07. The van der Waals surface area contributed by atoms with Crippen molar-refractivity contribution in [2.75, 3.05) is 10.6 Å². The van der Waals surface area contributed by atoms with E-state index in [1.165, 1.54) is 6.33 Å². The Morgan fingerprint density at radius 3 is 2.45 bits per heavy atom. The highest BCUT2D eigenvalue weighted by atomic mass is 35.5. The zero-order valence-electron chi connectivity index (χ0n) is 11.3. The molecular formula is C14H16Cl2N4. The van der Waals surface area contributed by atoms with Crippen molar-refractivity contribution in [1.82, 2.24) is 9.97 Å². The molecule has 0 aliphatic rings. The second-order valence-corrected chi connectivity index (χ2v) is 5.28.